The molecule has 0 radical (unpaired) electrons. The summed E-state index contributed by atoms with van der Waals surface area (Å²) in [5, 5.41) is 7.42. The van der Waals surface area contributed by atoms with Gasteiger partial charge in [-0.05, 0) is 6.92 Å². The lowest BCUT2D eigenvalue weighted by Gasteiger charge is -1.75. The number of hydrogen-bond acceptors (Lipinski definition) is 3. The molecule has 0 saturated carbocycles. The van der Waals surface area contributed by atoms with Crippen molar-refractivity contribution in [3.8, 4) is 0 Å². The van der Waals surface area contributed by atoms with Gasteiger partial charge in [0.25, 0.3) is 5.97 Å². The number of aryl methyl sites for hydroxylation is 1. The van der Waals surface area contributed by atoms with Crippen LogP contribution in [0.2, 0.25) is 0 Å². The molecule has 0 bridgehead atoms. The minimum atomic E-state index is -0.833. The summed E-state index contributed by atoms with van der Waals surface area (Å²) < 4.78 is 0. The molecule has 62 valence electrons. The van der Waals surface area contributed by atoms with E-state index in [1.54, 1.807) is 6.20 Å². The molecule has 0 aliphatic rings. The molecule has 4 N–H and O–H groups in total. The summed E-state index contributed by atoms with van der Waals surface area (Å²) >= 11 is 0. The molecule has 0 saturated heterocycles. The number of aromatic amines is 1. The van der Waals surface area contributed by atoms with Crippen molar-refractivity contribution in [3.05, 3.63) is 11.9 Å². The fraction of sp³-hybridized carbons (Fsp3) is 0.333. The molecule has 1 rings (SSSR count). The van der Waals surface area contributed by atoms with E-state index in [1.807, 2.05) is 6.92 Å². The molecule has 0 aromatic carbocycles. The van der Waals surface area contributed by atoms with Gasteiger partial charge in [-0.3, -0.25) is 4.79 Å². The van der Waals surface area contributed by atoms with Crippen molar-refractivity contribution in [2.45, 2.75) is 13.8 Å². The van der Waals surface area contributed by atoms with E-state index in [-0.39, 0.29) is 0 Å². The molecule has 11 heavy (non-hydrogen) atoms. The zero-order valence-corrected chi connectivity index (χ0v) is 6.46. The van der Waals surface area contributed by atoms with E-state index in [2.05, 4.69) is 9.97 Å². The number of hydrogen-bond donors (Lipinski definition) is 3. The van der Waals surface area contributed by atoms with Gasteiger partial charge in [0.1, 0.15) is 0 Å². The minimum absolute atomic E-state index is 0.484. The predicted molar refractivity (Wildman–Crippen MR) is 41.0 cm³/mol. The number of imidazole rings is 1. The average molecular weight is 157 g/mol. The standard InChI is InChI=1S/C4H7N3.C2H4O2/c1-3-2-6-4(5)7-3;1-2(3)4/h2H,1H3,(H3,5,6,7);1H3,(H,3,4). The molecular weight excluding hydrogens is 146 g/mol. The van der Waals surface area contributed by atoms with Gasteiger partial charge in [-0.25, -0.2) is 4.98 Å². The summed E-state index contributed by atoms with van der Waals surface area (Å²) in [5.41, 5.74) is 6.21. The normalized spacial score (nSPS) is 8.18. The molecule has 0 atom stereocenters. The van der Waals surface area contributed by atoms with Crippen molar-refractivity contribution in [2.75, 3.05) is 5.73 Å². The molecule has 5 heteroatoms. The van der Waals surface area contributed by atoms with Crippen molar-refractivity contribution in [2.24, 2.45) is 0 Å². The number of carboxylic acids is 1. The maximum atomic E-state index is 9.00. The third-order valence-electron chi connectivity index (χ3n) is 0.723. The van der Waals surface area contributed by atoms with E-state index in [1.165, 1.54) is 0 Å². The maximum absolute atomic E-state index is 9.00. The van der Waals surface area contributed by atoms with Crippen LogP contribution in [0.25, 0.3) is 0 Å². The van der Waals surface area contributed by atoms with Crippen molar-refractivity contribution in [3.63, 3.8) is 0 Å². The number of nitrogens with zero attached hydrogens (tertiary/aromatic N) is 1. The number of nitrogen functional groups attached to an aromatic ring is 1. The molecule has 5 nitrogen and oxygen atoms in total. The van der Waals surface area contributed by atoms with Gasteiger partial charge in [-0.15, -0.1) is 0 Å². The Morgan fingerprint density at radius 1 is 1.82 bits per heavy atom. The highest BCUT2D eigenvalue weighted by Gasteiger charge is 1.84. The first-order valence-electron chi connectivity index (χ1n) is 2.99. The van der Waals surface area contributed by atoms with Crippen molar-refractivity contribution >= 4 is 11.9 Å². The fourth-order valence-corrected chi connectivity index (χ4v) is 0.433. The first kappa shape index (κ1) is 9.48. The molecule has 0 amide bonds. The van der Waals surface area contributed by atoms with Gasteiger partial charge in [0.2, 0.25) is 0 Å². The maximum Gasteiger partial charge on any atom is 0.300 e. The first-order valence-corrected chi connectivity index (χ1v) is 2.99. The second kappa shape index (κ2) is 4.32. The van der Waals surface area contributed by atoms with Gasteiger partial charge in [0.05, 0.1) is 0 Å². The van der Waals surface area contributed by atoms with Gasteiger partial charge >= 0.3 is 0 Å². The molecule has 1 aromatic rings. The second-order valence-electron chi connectivity index (χ2n) is 1.97. The van der Waals surface area contributed by atoms with Crippen LogP contribution >= 0.6 is 0 Å². The SMILES string of the molecule is CC(=O)O.Cc1cnc(N)[nH]1. The van der Waals surface area contributed by atoms with Crippen LogP contribution in [0.3, 0.4) is 0 Å². The van der Waals surface area contributed by atoms with Crippen LogP contribution in [0, 0.1) is 6.92 Å². The Bertz CT molecular complexity index is 211. The van der Waals surface area contributed by atoms with Crippen molar-refractivity contribution in [1.82, 2.24) is 9.97 Å². The molecule has 0 spiro atoms. The van der Waals surface area contributed by atoms with Crippen molar-refractivity contribution in [1.29, 1.82) is 0 Å². The van der Waals surface area contributed by atoms with E-state index in [9.17, 15) is 0 Å². The lowest BCUT2D eigenvalue weighted by Crippen LogP contribution is -1.84. The fourth-order valence-electron chi connectivity index (χ4n) is 0.433. The second-order valence-corrected chi connectivity index (χ2v) is 1.97. The summed E-state index contributed by atoms with van der Waals surface area (Å²) in [7, 11) is 0. The van der Waals surface area contributed by atoms with Crippen molar-refractivity contribution < 1.29 is 9.90 Å². The Balaban J connectivity index is 0.000000218. The molecule has 0 fully saturated rings. The first-order chi connectivity index (χ1) is 5.02. The van der Waals surface area contributed by atoms with Crippen LogP contribution in [-0.2, 0) is 4.79 Å². The Morgan fingerprint density at radius 2 is 2.27 bits per heavy atom. The number of carbonyl (C=O) groups is 1. The number of aromatic nitrogens is 2. The molecule has 0 aliphatic carbocycles. The Hall–Kier alpha value is -1.52. The predicted octanol–water partition coefficient (Wildman–Crippen LogP) is 0.391. The van der Waals surface area contributed by atoms with Gasteiger partial charge in [-0.2, -0.15) is 0 Å². The van der Waals surface area contributed by atoms with Gasteiger partial charge in [-0.1, -0.05) is 0 Å². The third-order valence-corrected chi connectivity index (χ3v) is 0.723. The summed E-state index contributed by atoms with van der Waals surface area (Å²) in [4.78, 5) is 15.5. The molecular formula is C6H11N3O2. The highest BCUT2D eigenvalue weighted by Crippen LogP contribution is 1.92. The smallest absolute Gasteiger partial charge is 0.300 e. The lowest BCUT2D eigenvalue weighted by molar-refractivity contribution is -0.134. The third kappa shape index (κ3) is 6.36. The number of anilines is 1. The van der Waals surface area contributed by atoms with Gasteiger partial charge in [0.15, 0.2) is 5.95 Å². The summed E-state index contributed by atoms with van der Waals surface area (Å²) in [5.74, 6) is -0.350. The van der Waals surface area contributed by atoms with Crippen LogP contribution in [0.15, 0.2) is 6.20 Å². The summed E-state index contributed by atoms with van der Waals surface area (Å²) in [6.07, 6.45) is 1.69. The van der Waals surface area contributed by atoms with Crippen LogP contribution in [0.4, 0.5) is 5.95 Å². The molecule has 1 aromatic heterocycles. The zero-order chi connectivity index (χ0) is 8.85. The molecule has 0 unspecified atom stereocenters. The Kier molecular flexibility index (Phi) is 3.72. The number of aliphatic carboxylic acids is 1. The molecule has 0 aliphatic heterocycles. The van der Waals surface area contributed by atoms with E-state index in [4.69, 9.17) is 15.6 Å². The number of nitrogens with one attached hydrogen (secondary N) is 1. The monoisotopic (exact) mass is 157 g/mol. The topological polar surface area (TPSA) is 92.0 Å². The highest BCUT2D eigenvalue weighted by molar-refractivity contribution is 5.62. The van der Waals surface area contributed by atoms with Crippen LogP contribution in [-0.4, -0.2) is 21.0 Å². The number of H-pyrrole nitrogens is 1. The van der Waals surface area contributed by atoms with E-state index < -0.39 is 5.97 Å². The van der Waals surface area contributed by atoms with Crippen LogP contribution < -0.4 is 5.73 Å². The van der Waals surface area contributed by atoms with E-state index in [0.717, 1.165) is 12.6 Å². The quantitative estimate of drug-likeness (QED) is 0.508. The Morgan fingerprint density at radius 3 is 2.36 bits per heavy atom. The van der Waals surface area contributed by atoms with Gasteiger partial charge in [0, 0.05) is 18.8 Å². The lowest BCUT2D eigenvalue weighted by atomic mass is 10.6. The number of rotatable bonds is 0. The zero-order valence-electron chi connectivity index (χ0n) is 6.46. The highest BCUT2D eigenvalue weighted by atomic mass is 16.4. The number of nitrogens with two attached hydrogens (primary N) is 1. The molecule has 1 heterocycles. The summed E-state index contributed by atoms with van der Waals surface area (Å²) in [6.45, 7) is 2.99. The largest absolute Gasteiger partial charge is 0.481 e. The van der Waals surface area contributed by atoms with E-state index >= 15 is 0 Å². The van der Waals surface area contributed by atoms with Crippen LogP contribution in [0.1, 0.15) is 12.6 Å². The summed E-state index contributed by atoms with van der Waals surface area (Å²) in [6, 6.07) is 0. The van der Waals surface area contributed by atoms with E-state index in [0.29, 0.717) is 5.95 Å². The van der Waals surface area contributed by atoms with Crippen LogP contribution in [0.5, 0.6) is 0 Å². The number of carboxylic acid groups (broad SMARTS) is 1. The average Bonchev–Trinajstić information content (AvgIpc) is 2.13. The minimum Gasteiger partial charge on any atom is -0.481 e. The Labute approximate surface area is 64.3 Å². The van der Waals surface area contributed by atoms with Gasteiger partial charge < -0.3 is 15.8 Å².